The summed E-state index contributed by atoms with van der Waals surface area (Å²) in [6, 6.07) is 9.45. The van der Waals surface area contributed by atoms with Crippen LogP contribution in [-0.2, 0) is 6.42 Å². The number of hydrogen-bond acceptors (Lipinski definition) is 3. The second kappa shape index (κ2) is 7.31. The van der Waals surface area contributed by atoms with E-state index in [0.717, 1.165) is 18.5 Å². The highest BCUT2D eigenvalue weighted by Crippen LogP contribution is 2.24. The maximum atomic E-state index is 13.6. The Bertz CT molecular complexity index is 545. The largest absolute Gasteiger partial charge is 0.329 e. The van der Waals surface area contributed by atoms with E-state index in [0.29, 0.717) is 11.0 Å². The molecule has 1 aromatic carbocycles. The number of hydrogen-bond donors (Lipinski definition) is 1. The minimum Gasteiger partial charge on any atom is -0.329 e. The fraction of sp³-hybridized carbons (Fsp3) is 0.333. The molecule has 0 fully saturated rings. The van der Waals surface area contributed by atoms with Crippen LogP contribution in [0.3, 0.4) is 0 Å². The van der Waals surface area contributed by atoms with Crippen LogP contribution >= 0.6 is 27.3 Å². The Labute approximate surface area is 131 Å². The van der Waals surface area contributed by atoms with Crippen molar-refractivity contribution in [2.45, 2.75) is 12.5 Å². The zero-order chi connectivity index (χ0) is 14.5. The third kappa shape index (κ3) is 3.88. The van der Waals surface area contributed by atoms with Gasteiger partial charge in [0.15, 0.2) is 0 Å². The molecule has 0 aliphatic heterocycles. The Morgan fingerprint density at radius 2 is 2.20 bits per heavy atom. The van der Waals surface area contributed by atoms with Crippen LogP contribution in [-0.4, -0.2) is 25.0 Å². The smallest absolute Gasteiger partial charge is 0.137 e. The molecule has 2 N–H and O–H groups in total. The average Bonchev–Trinajstić information content (AvgIpc) is 2.94. The lowest BCUT2D eigenvalue weighted by Gasteiger charge is -2.27. The molecule has 0 aliphatic rings. The lowest BCUT2D eigenvalue weighted by atomic mass is 10.1. The summed E-state index contributed by atoms with van der Waals surface area (Å²) in [5.41, 5.74) is 6.79. The first-order valence-electron chi connectivity index (χ1n) is 6.49. The number of nitrogens with zero attached hydrogens (tertiary/aromatic N) is 1. The molecule has 1 atom stereocenters. The number of likely N-dealkylation sites (N-methyl/N-ethyl adjacent to an activating group) is 1. The van der Waals surface area contributed by atoms with E-state index in [1.165, 1.54) is 4.88 Å². The first-order chi connectivity index (χ1) is 9.61. The van der Waals surface area contributed by atoms with E-state index < -0.39 is 0 Å². The minimum atomic E-state index is -0.243. The topological polar surface area (TPSA) is 29.3 Å². The molecule has 108 valence electrons. The van der Waals surface area contributed by atoms with Crippen molar-refractivity contribution in [2.24, 2.45) is 5.73 Å². The van der Waals surface area contributed by atoms with Crippen molar-refractivity contribution in [3.8, 4) is 0 Å². The monoisotopic (exact) mass is 356 g/mol. The van der Waals surface area contributed by atoms with E-state index in [9.17, 15) is 4.39 Å². The molecule has 2 rings (SSSR count). The predicted molar refractivity (Wildman–Crippen MR) is 86.5 cm³/mol. The Morgan fingerprint density at radius 3 is 2.80 bits per heavy atom. The molecule has 0 aliphatic carbocycles. The Hall–Kier alpha value is -0.750. The molecule has 0 bridgehead atoms. The molecule has 1 heterocycles. The van der Waals surface area contributed by atoms with Gasteiger partial charge in [-0.2, -0.15) is 0 Å². The molecule has 0 radical (unpaired) electrons. The van der Waals surface area contributed by atoms with Gasteiger partial charge >= 0.3 is 0 Å². The second-order valence-electron chi connectivity index (χ2n) is 4.74. The van der Waals surface area contributed by atoms with Crippen LogP contribution in [0.5, 0.6) is 0 Å². The van der Waals surface area contributed by atoms with Gasteiger partial charge in [-0.25, -0.2) is 4.39 Å². The van der Waals surface area contributed by atoms with Crippen molar-refractivity contribution >= 4 is 27.3 Å². The van der Waals surface area contributed by atoms with Crippen LogP contribution in [0.4, 0.5) is 4.39 Å². The van der Waals surface area contributed by atoms with Crippen LogP contribution in [0.1, 0.15) is 16.5 Å². The minimum absolute atomic E-state index is 0.0394. The molecule has 0 amide bonds. The number of nitrogens with two attached hydrogens (primary N) is 1. The van der Waals surface area contributed by atoms with Crippen molar-refractivity contribution < 1.29 is 4.39 Å². The molecular weight excluding hydrogens is 339 g/mol. The summed E-state index contributed by atoms with van der Waals surface area (Å²) in [6.07, 6.45) is 0.990. The van der Waals surface area contributed by atoms with Crippen LogP contribution < -0.4 is 5.73 Å². The lowest BCUT2D eigenvalue weighted by molar-refractivity contribution is 0.253. The van der Waals surface area contributed by atoms with E-state index >= 15 is 0 Å². The molecule has 0 saturated heterocycles. The molecule has 0 saturated carbocycles. The maximum Gasteiger partial charge on any atom is 0.137 e. The number of benzene rings is 1. The van der Waals surface area contributed by atoms with E-state index in [-0.39, 0.29) is 11.9 Å². The van der Waals surface area contributed by atoms with Crippen molar-refractivity contribution in [3.63, 3.8) is 0 Å². The highest BCUT2D eigenvalue weighted by molar-refractivity contribution is 9.10. The number of rotatable bonds is 6. The highest BCUT2D eigenvalue weighted by Gasteiger charge is 2.16. The van der Waals surface area contributed by atoms with E-state index in [2.05, 4.69) is 38.3 Å². The third-order valence-corrected chi connectivity index (χ3v) is 4.95. The highest BCUT2D eigenvalue weighted by atomic mass is 79.9. The first kappa shape index (κ1) is 15.6. The fourth-order valence-corrected chi connectivity index (χ4v) is 3.13. The normalized spacial score (nSPS) is 12.8. The van der Waals surface area contributed by atoms with Gasteiger partial charge in [0.2, 0.25) is 0 Å². The average molecular weight is 357 g/mol. The van der Waals surface area contributed by atoms with Gasteiger partial charge in [0.1, 0.15) is 5.82 Å². The molecule has 5 heteroatoms. The van der Waals surface area contributed by atoms with Crippen LogP contribution in [0, 0.1) is 5.82 Å². The third-order valence-electron chi connectivity index (χ3n) is 3.37. The van der Waals surface area contributed by atoms with Gasteiger partial charge in [-0.1, -0.05) is 12.1 Å². The Balaban J connectivity index is 2.04. The van der Waals surface area contributed by atoms with Crippen molar-refractivity contribution in [1.29, 1.82) is 0 Å². The summed E-state index contributed by atoms with van der Waals surface area (Å²) in [6.45, 7) is 1.38. The predicted octanol–water partition coefficient (Wildman–Crippen LogP) is 3.82. The number of halogens is 2. The summed E-state index contributed by atoms with van der Waals surface area (Å²) in [4.78, 5) is 3.54. The maximum absolute atomic E-state index is 13.6. The molecule has 2 nitrogen and oxygen atoms in total. The van der Waals surface area contributed by atoms with E-state index in [4.69, 9.17) is 5.73 Å². The summed E-state index contributed by atoms with van der Waals surface area (Å²) in [5, 5.41) is 2.08. The van der Waals surface area contributed by atoms with Crippen molar-refractivity contribution in [1.82, 2.24) is 4.90 Å². The molecule has 1 aromatic heterocycles. The van der Waals surface area contributed by atoms with Gasteiger partial charge in [-0.3, -0.25) is 4.90 Å². The molecular formula is C15H18BrFN2S. The fourth-order valence-electron chi connectivity index (χ4n) is 2.19. The van der Waals surface area contributed by atoms with Crippen molar-refractivity contribution in [3.05, 3.63) is 56.4 Å². The second-order valence-corrected chi connectivity index (χ2v) is 6.62. The summed E-state index contributed by atoms with van der Waals surface area (Å²) < 4.78 is 14.1. The van der Waals surface area contributed by atoms with Crippen LogP contribution in [0.15, 0.2) is 40.2 Å². The van der Waals surface area contributed by atoms with Gasteiger partial charge in [0.05, 0.1) is 4.47 Å². The quantitative estimate of drug-likeness (QED) is 0.852. The zero-order valence-electron chi connectivity index (χ0n) is 11.4. The van der Waals surface area contributed by atoms with Crippen LogP contribution in [0.2, 0.25) is 0 Å². The van der Waals surface area contributed by atoms with Gasteiger partial charge in [-0.05, 0) is 58.5 Å². The SMILES string of the molecule is CN(CCc1cccs1)C(CN)c1ccc(Br)c(F)c1. The molecule has 20 heavy (non-hydrogen) atoms. The summed E-state index contributed by atoms with van der Waals surface area (Å²) in [5.74, 6) is -0.243. The van der Waals surface area contributed by atoms with Gasteiger partial charge in [0.25, 0.3) is 0 Å². The zero-order valence-corrected chi connectivity index (χ0v) is 13.8. The molecule has 0 spiro atoms. The Morgan fingerprint density at radius 1 is 1.40 bits per heavy atom. The van der Waals surface area contributed by atoms with E-state index in [1.807, 2.05) is 13.1 Å². The van der Waals surface area contributed by atoms with Gasteiger partial charge < -0.3 is 5.73 Å². The molecule has 2 aromatic rings. The standard InChI is InChI=1S/C15H18BrFN2S/c1-19(7-6-12-3-2-8-20-12)15(10-18)11-4-5-13(16)14(17)9-11/h2-5,8-9,15H,6-7,10,18H2,1H3. The van der Waals surface area contributed by atoms with Crippen molar-refractivity contribution in [2.75, 3.05) is 20.1 Å². The van der Waals surface area contributed by atoms with E-state index in [1.54, 1.807) is 23.5 Å². The first-order valence-corrected chi connectivity index (χ1v) is 8.16. The number of thiophene rings is 1. The molecule has 1 unspecified atom stereocenters. The summed E-state index contributed by atoms with van der Waals surface area (Å²) in [7, 11) is 2.03. The summed E-state index contributed by atoms with van der Waals surface area (Å²) >= 11 is 4.94. The van der Waals surface area contributed by atoms with Crippen LogP contribution in [0.25, 0.3) is 0 Å². The van der Waals surface area contributed by atoms with Gasteiger partial charge in [-0.15, -0.1) is 11.3 Å². The lowest BCUT2D eigenvalue weighted by Crippen LogP contribution is -2.32. The Kier molecular flexibility index (Phi) is 5.72. The van der Waals surface area contributed by atoms with Gasteiger partial charge in [0, 0.05) is 24.0 Å².